The fourth-order valence-electron chi connectivity index (χ4n) is 4.17. The van der Waals surface area contributed by atoms with Gasteiger partial charge in [-0.15, -0.1) is 0 Å². The van der Waals surface area contributed by atoms with Gasteiger partial charge in [0.2, 0.25) is 0 Å². The van der Waals surface area contributed by atoms with Gasteiger partial charge in [-0.25, -0.2) is 9.59 Å². The van der Waals surface area contributed by atoms with Crippen molar-refractivity contribution in [2.75, 3.05) is 6.61 Å². The van der Waals surface area contributed by atoms with Crippen LogP contribution in [-0.2, 0) is 14.3 Å². The highest BCUT2D eigenvalue weighted by atomic mass is 16.6. The van der Waals surface area contributed by atoms with E-state index in [-0.39, 0.29) is 25.4 Å². The lowest BCUT2D eigenvalue weighted by atomic mass is 9.98. The van der Waals surface area contributed by atoms with Crippen molar-refractivity contribution in [3.05, 3.63) is 89.5 Å². The zero-order valence-electron chi connectivity index (χ0n) is 18.7. The maximum atomic E-state index is 12.7. The van der Waals surface area contributed by atoms with Crippen LogP contribution in [0, 0.1) is 6.92 Å². The molecule has 3 aromatic carbocycles. The number of alkyl carbamates (subject to hydrolysis) is 1. The van der Waals surface area contributed by atoms with Crippen LogP contribution in [0.3, 0.4) is 0 Å². The first-order chi connectivity index (χ1) is 16.4. The lowest BCUT2D eigenvalue weighted by molar-refractivity contribution is -0.139. The first-order valence-corrected chi connectivity index (χ1v) is 11.0. The average molecular weight is 459 g/mol. The highest BCUT2D eigenvalue weighted by Crippen LogP contribution is 2.44. The lowest BCUT2D eigenvalue weighted by Crippen LogP contribution is -2.43. The van der Waals surface area contributed by atoms with Crippen LogP contribution < -0.4 is 10.1 Å². The number of ether oxygens (including phenoxy) is 2. The normalized spacial score (nSPS) is 12.9. The molecule has 0 radical (unpaired) electrons. The van der Waals surface area contributed by atoms with Crippen molar-refractivity contribution in [2.24, 2.45) is 0 Å². The molecule has 3 aromatic rings. The largest absolute Gasteiger partial charge is 0.481 e. The monoisotopic (exact) mass is 459 g/mol. The lowest BCUT2D eigenvalue weighted by Gasteiger charge is -2.19. The first kappa shape index (κ1) is 23.0. The number of esters is 1. The molecule has 0 fully saturated rings. The third kappa shape index (κ3) is 5.26. The van der Waals surface area contributed by atoms with Crippen molar-refractivity contribution in [1.82, 2.24) is 5.32 Å². The molecule has 0 saturated heterocycles. The molecular weight excluding hydrogens is 434 g/mol. The van der Waals surface area contributed by atoms with Gasteiger partial charge in [0.25, 0.3) is 0 Å². The number of nitrogens with one attached hydrogen (secondary N) is 1. The number of fused-ring (bicyclic) bond motifs is 3. The molecule has 7 heteroatoms. The van der Waals surface area contributed by atoms with Gasteiger partial charge in [0.15, 0.2) is 0 Å². The molecule has 0 unspecified atom stereocenters. The summed E-state index contributed by atoms with van der Waals surface area (Å²) in [6.45, 7) is 1.94. The Balaban J connectivity index is 1.43. The third-order valence-electron chi connectivity index (χ3n) is 5.78. The number of carbonyl (C=O) groups excluding carboxylic acids is 2. The Morgan fingerprint density at radius 2 is 1.59 bits per heavy atom. The maximum Gasteiger partial charge on any atom is 0.407 e. The summed E-state index contributed by atoms with van der Waals surface area (Å²) in [5.74, 6) is -1.64. The van der Waals surface area contributed by atoms with E-state index in [0.29, 0.717) is 5.75 Å². The molecule has 0 aliphatic heterocycles. The molecule has 2 N–H and O–H groups in total. The topological polar surface area (TPSA) is 102 Å². The van der Waals surface area contributed by atoms with Crippen LogP contribution in [0.4, 0.5) is 4.79 Å². The maximum absolute atomic E-state index is 12.7. The summed E-state index contributed by atoms with van der Waals surface area (Å²) >= 11 is 0. The molecule has 1 aliphatic carbocycles. The van der Waals surface area contributed by atoms with E-state index in [0.717, 1.165) is 27.8 Å². The molecule has 0 heterocycles. The average Bonchev–Trinajstić information content (AvgIpc) is 3.14. The number of hydrogen-bond acceptors (Lipinski definition) is 5. The van der Waals surface area contributed by atoms with Gasteiger partial charge >= 0.3 is 18.0 Å². The highest BCUT2D eigenvalue weighted by molar-refractivity contribution is 5.84. The summed E-state index contributed by atoms with van der Waals surface area (Å²) in [6.07, 6.45) is -1.24. The summed E-state index contributed by atoms with van der Waals surface area (Å²) < 4.78 is 10.9. The quantitative estimate of drug-likeness (QED) is 0.375. The van der Waals surface area contributed by atoms with Crippen LogP contribution in [0.5, 0.6) is 5.75 Å². The number of carbonyl (C=O) groups is 3. The van der Waals surface area contributed by atoms with E-state index in [1.807, 2.05) is 61.5 Å². The molecule has 7 nitrogen and oxygen atoms in total. The predicted octanol–water partition coefficient (Wildman–Crippen LogP) is 4.67. The molecule has 0 spiro atoms. The molecule has 0 bridgehead atoms. The van der Waals surface area contributed by atoms with Crippen molar-refractivity contribution in [1.29, 1.82) is 0 Å². The fraction of sp³-hybridized carbons (Fsp3) is 0.222. The zero-order valence-corrected chi connectivity index (χ0v) is 18.7. The standard InChI is InChI=1S/C27H25NO6/c1-17-7-6-8-18(15-17)34-26(31)24(13-14-25(29)30)28-27(32)33-16-23-21-11-4-2-9-19(21)20-10-3-5-12-22(20)23/h2-12,15,23-24H,13-14,16H2,1H3,(H,28,32)(H,29,30)/t24-/m1/s1. The van der Waals surface area contributed by atoms with Crippen LogP contribution in [0.25, 0.3) is 11.1 Å². The highest BCUT2D eigenvalue weighted by Gasteiger charge is 2.30. The van der Waals surface area contributed by atoms with Gasteiger partial charge in [0.05, 0.1) is 0 Å². The van der Waals surface area contributed by atoms with E-state index in [9.17, 15) is 14.4 Å². The molecule has 0 saturated carbocycles. The summed E-state index contributed by atoms with van der Waals surface area (Å²) in [4.78, 5) is 36.3. The minimum atomic E-state index is -1.16. The Morgan fingerprint density at radius 3 is 2.21 bits per heavy atom. The molecule has 1 aliphatic rings. The Kier molecular flexibility index (Phi) is 6.92. The van der Waals surface area contributed by atoms with Crippen LogP contribution >= 0.6 is 0 Å². The van der Waals surface area contributed by atoms with Crippen LogP contribution in [0.2, 0.25) is 0 Å². The van der Waals surface area contributed by atoms with Gasteiger partial charge in [-0.05, 0) is 53.3 Å². The van der Waals surface area contributed by atoms with Gasteiger partial charge in [-0.3, -0.25) is 4.79 Å². The number of rotatable bonds is 8. The van der Waals surface area contributed by atoms with Gasteiger partial charge in [0.1, 0.15) is 18.4 Å². The van der Waals surface area contributed by atoms with Crippen LogP contribution in [0.15, 0.2) is 72.8 Å². The molecular formula is C27H25NO6. The van der Waals surface area contributed by atoms with E-state index in [2.05, 4.69) is 5.32 Å². The van der Waals surface area contributed by atoms with Gasteiger partial charge < -0.3 is 19.9 Å². The summed E-state index contributed by atoms with van der Waals surface area (Å²) in [5, 5.41) is 11.5. The Morgan fingerprint density at radius 1 is 0.941 bits per heavy atom. The van der Waals surface area contributed by atoms with Gasteiger partial charge in [-0.2, -0.15) is 0 Å². The molecule has 1 atom stereocenters. The molecule has 174 valence electrons. The minimum absolute atomic E-state index is 0.0818. The van der Waals surface area contributed by atoms with Gasteiger partial charge in [0, 0.05) is 12.3 Å². The van der Waals surface area contributed by atoms with Crippen molar-refractivity contribution in [3.63, 3.8) is 0 Å². The van der Waals surface area contributed by atoms with Crippen LogP contribution in [0.1, 0.15) is 35.4 Å². The second-order valence-corrected chi connectivity index (χ2v) is 8.19. The molecule has 34 heavy (non-hydrogen) atoms. The third-order valence-corrected chi connectivity index (χ3v) is 5.78. The number of carboxylic acids is 1. The number of amides is 1. The fourth-order valence-corrected chi connectivity index (χ4v) is 4.17. The van der Waals surface area contributed by atoms with E-state index < -0.39 is 24.1 Å². The number of hydrogen-bond donors (Lipinski definition) is 2. The first-order valence-electron chi connectivity index (χ1n) is 11.0. The van der Waals surface area contributed by atoms with Crippen molar-refractivity contribution >= 4 is 18.0 Å². The molecule has 4 rings (SSSR count). The van der Waals surface area contributed by atoms with Crippen molar-refractivity contribution < 1.29 is 29.0 Å². The Hall–Kier alpha value is -4.13. The van der Waals surface area contributed by atoms with Crippen molar-refractivity contribution in [3.8, 4) is 16.9 Å². The predicted molar refractivity (Wildman–Crippen MR) is 126 cm³/mol. The number of carboxylic acid groups (broad SMARTS) is 1. The number of benzene rings is 3. The van der Waals surface area contributed by atoms with Gasteiger partial charge in [-0.1, -0.05) is 60.7 Å². The Labute approximate surface area is 197 Å². The van der Waals surface area contributed by atoms with Crippen molar-refractivity contribution in [2.45, 2.75) is 31.7 Å². The zero-order chi connectivity index (χ0) is 24.1. The molecule has 1 amide bonds. The smallest absolute Gasteiger partial charge is 0.407 e. The Bertz CT molecular complexity index is 1180. The van der Waals surface area contributed by atoms with E-state index in [1.54, 1.807) is 18.2 Å². The summed E-state index contributed by atoms with van der Waals surface area (Å²) in [7, 11) is 0. The van der Waals surface area contributed by atoms with E-state index >= 15 is 0 Å². The summed E-state index contributed by atoms with van der Waals surface area (Å²) in [5.41, 5.74) is 5.24. The van der Waals surface area contributed by atoms with Crippen LogP contribution in [-0.4, -0.2) is 35.8 Å². The van der Waals surface area contributed by atoms with E-state index in [1.165, 1.54) is 0 Å². The number of aryl methyl sites for hydroxylation is 1. The summed E-state index contributed by atoms with van der Waals surface area (Å²) in [6, 6.07) is 21.7. The number of aliphatic carboxylic acids is 1. The van der Waals surface area contributed by atoms with E-state index in [4.69, 9.17) is 14.6 Å². The SMILES string of the molecule is Cc1cccc(OC(=O)[C@@H](CCC(=O)O)NC(=O)OCC2c3ccccc3-c3ccccc32)c1. The minimum Gasteiger partial charge on any atom is -0.481 e. The molecule has 0 aromatic heterocycles. The second-order valence-electron chi connectivity index (χ2n) is 8.19. The second kappa shape index (κ2) is 10.2.